The SMILES string of the molecule is Cc1noc2nc(-c3ccco3)cc(C(=O)N3CC[C@H](C)Sc4ccccc43)c12. The number of thioether (sulfide) groups is 1. The first-order valence-corrected chi connectivity index (χ1v) is 10.4. The topological polar surface area (TPSA) is 72.4 Å². The Kier molecular flexibility index (Phi) is 4.39. The Morgan fingerprint density at radius 3 is 2.93 bits per heavy atom. The minimum Gasteiger partial charge on any atom is -0.463 e. The average molecular weight is 405 g/mol. The molecule has 1 aromatic carbocycles. The molecule has 1 aliphatic rings. The largest absolute Gasteiger partial charge is 0.463 e. The fourth-order valence-electron chi connectivity index (χ4n) is 3.66. The predicted molar refractivity (Wildman–Crippen MR) is 112 cm³/mol. The number of nitrogens with zero attached hydrogens (tertiary/aromatic N) is 3. The van der Waals surface area contributed by atoms with Crippen LogP contribution in [0.3, 0.4) is 0 Å². The van der Waals surface area contributed by atoms with Crippen molar-refractivity contribution >= 4 is 34.5 Å². The molecule has 0 spiro atoms. The lowest BCUT2D eigenvalue weighted by Gasteiger charge is -2.23. The summed E-state index contributed by atoms with van der Waals surface area (Å²) in [5.74, 6) is 0.495. The van der Waals surface area contributed by atoms with E-state index < -0.39 is 0 Å². The van der Waals surface area contributed by atoms with Crippen LogP contribution in [0.2, 0.25) is 0 Å². The van der Waals surface area contributed by atoms with Crippen molar-refractivity contribution in [1.82, 2.24) is 10.1 Å². The molecule has 5 rings (SSSR count). The van der Waals surface area contributed by atoms with Gasteiger partial charge in [0.15, 0.2) is 5.76 Å². The summed E-state index contributed by atoms with van der Waals surface area (Å²) in [4.78, 5) is 21.3. The van der Waals surface area contributed by atoms with Gasteiger partial charge in [0, 0.05) is 16.7 Å². The van der Waals surface area contributed by atoms with Crippen LogP contribution in [0.15, 0.2) is 62.6 Å². The predicted octanol–water partition coefficient (Wildman–Crippen LogP) is 5.32. The number of rotatable bonds is 2. The van der Waals surface area contributed by atoms with Crippen LogP contribution in [0.1, 0.15) is 29.4 Å². The van der Waals surface area contributed by atoms with Gasteiger partial charge in [0.25, 0.3) is 11.6 Å². The zero-order chi connectivity index (χ0) is 20.0. The number of anilines is 1. The second-order valence-corrected chi connectivity index (χ2v) is 8.60. The monoisotopic (exact) mass is 405 g/mol. The van der Waals surface area contributed by atoms with Gasteiger partial charge in [-0.3, -0.25) is 4.79 Å². The Labute approximate surface area is 171 Å². The number of para-hydroxylation sites is 1. The number of carbonyl (C=O) groups is 1. The van der Waals surface area contributed by atoms with E-state index in [0.717, 1.165) is 17.0 Å². The van der Waals surface area contributed by atoms with E-state index in [1.807, 2.05) is 36.1 Å². The van der Waals surface area contributed by atoms with Crippen LogP contribution >= 0.6 is 11.8 Å². The Hall–Kier alpha value is -3.06. The first-order valence-electron chi connectivity index (χ1n) is 9.50. The van der Waals surface area contributed by atoms with E-state index in [0.29, 0.717) is 45.6 Å². The number of aromatic nitrogens is 2. The van der Waals surface area contributed by atoms with Gasteiger partial charge in [-0.2, -0.15) is 0 Å². The molecule has 29 heavy (non-hydrogen) atoms. The van der Waals surface area contributed by atoms with Gasteiger partial charge < -0.3 is 13.8 Å². The Morgan fingerprint density at radius 2 is 2.10 bits per heavy atom. The second-order valence-electron chi connectivity index (χ2n) is 7.12. The molecular weight excluding hydrogens is 386 g/mol. The van der Waals surface area contributed by atoms with Crippen molar-refractivity contribution in [3.8, 4) is 11.5 Å². The molecule has 7 heteroatoms. The molecular formula is C22H19N3O3S. The summed E-state index contributed by atoms with van der Waals surface area (Å²) in [6.07, 6.45) is 2.49. The molecule has 0 N–H and O–H groups in total. The second kappa shape index (κ2) is 7.08. The molecule has 1 amide bonds. The van der Waals surface area contributed by atoms with E-state index in [2.05, 4.69) is 23.1 Å². The Balaban J connectivity index is 1.67. The summed E-state index contributed by atoms with van der Waals surface area (Å²) in [6, 6.07) is 13.4. The van der Waals surface area contributed by atoms with Crippen molar-refractivity contribution < 1.29 is 13.7 Å². The molecule has 0 saturated heterocycles. The van der Waals surface area contributed by atoms with E-state index in [1.165, 1.54) is 0 Å². The number of benzene rings is 1. The van der Waals surface area contributed by atoms with E-state index in [-0.39, 0.29) is 5.91 Å². The molecule has 4 aromatic rings. The maximum absolute atomic E-state index is 13.8. The normalized spacial score (nSPS) is 16.6. The maximum atomic E-state index is 13.8. The van der Waals surface area contributed by atoms with E-state index >= 15 is 0 Å². The summed E-state index contributed by atoms with van der Waals surface area (Å²) < 4.78 is 10.9. The number of hydrogen-bond acceptors (Lipinski definition) is 6. The molecule has 0 fully saturated rings. The number of pyridine rings is 1. The third-order valence-corrected chi connectivity index (χ3v) is 6.35. The highest BCUT2D eigenvalue weighted by Gasteiger charge is 2.28. The van der Waals surface area contributed by atoms with Crippen LogP contribution in [0, 0.1) is 6.92 Å². The van der Waals surface area contributed by atoms with Gasteiger partial charge in [-0.15, -0.1) is 11.8 Å². The molecule has 0 unspecified atom stereocenters. The molecule has 6 nitrogen and oxygen atoms in total. The standard InChI is InChI=1S/C22H19N3O3S/c1-13-9-10-25(17-6-3-4-8-19(17)29-13)22(26)15-12-16(18-7-5-11-27-18)23-21-20(15)14(2)24-28-21/h3-8,11-13H,9-10H2,1-2H3/t13-/m0/s1. The number of carbonyl (C=O) groups excluding carboxylic acids is 1. The quantitative estimate of drug-likeness (QED) is 0.449. The van der Waals surface area contributed by atoms with Crippen LogP contribution in [-0.4, -0.2) is 27.8 Å². The molecule has 1 aliphatic heterocycles. The number of hydrogen-bond donors (Lipinski definition) is 0. The molecule has 4 heterocycles. The van der Waals surface area contributed by atoms with Crippen LogP contribution in [-0.2, 0) is 0 Å². The average Bonchev–Trinajstić information content (AvgIpc) is 3.35. The van der Waals surface area contributed by atoms with Gasteiger partial charge in [0.1, 0.15) is 5.69 Å². The number of aryl methyl sites for hydroxylation is 1. The van der Waals surface area contributed by atoms with E-state index in [1.54, 1.807) is 30.2 Å². The summed E-state index contributed by atoms with van der Waals surface area (Å²) in [7, 11) is 0. The minimum absolute atomic E-state index is 0.0846. The molecule has 0 radical (unpaired) electrons. The molecule has 0 bridgehead atoms. The smallest absolute Gasteiger partial charge is 0.259 e. The van der Waals surface area contributed by atoms with Crippen molar-refractivity contribution in [3.05, 3.63) is 60.0 Å². The zero-order valence-electron chi connectivity index (χ0n) is 16.1. The third-order valence-electron chi connectivity index (χ3n) is 5.11. The van der Waals surface area contributed by atoms with Crippen molar-refractivity contribution in [2.45, 2.75) is 30.4 Å². The highest BCUT2D eigenvalue weighted by Crippen LogP contribution is 2.38. The van der Waals surface area contributed by atoms with Crippen LogP contribution in [0.25, 0.3) is 22.6 Å². The zero-order valence-corrected chi connectivity index (χ0v) is 16.9. The van der Waals surface area contributed by atoms with Gasteiger partial charge in [-0.25, -0.2) is 4.98 Å². The van der Waals surface area contributed by atoms with Gasteiger partial charge in [0.2, 0.25) is 0 Å². The van der Waals surface area contributed by atoms with Gasteiger partial charge in [0.05, 0.1) is 28.6 Å². The number of amides is 1. The van der Waals surface area contributed by atoms with Gasteiger partial charge in [-0.05, 0) is 43.7 Å². The van der Waals surface area contributed by atoms with E-state index in [9.17, 15) is 4.79 Å². The summed E-state index contributed by atoms with van der Waals surface area (Å²) in [5, 5.41) is 5.12. The molecule has 3 aromatic heterocycles. The number of fused-ring (bicyclic) bond motifs is 2. The van der Waals surface area contributed by atoms with E-state index in [4.69, 9.17) is 8.94 Å². The summed E-state index contributed by atoms with van der Waals surface area (Å²) in [6.45, 7) is 4.67. The lowest BCUT2D eigenvalue weighted by Crippen LogP contribution is -2.32. The maximum Gasteiger partial charge on any atom is 0.259 e. The fourth-order valence-corrected chi connectivity index (χ4v) is 4.77. The Morgan fingerprint density at radius 1 is 1.24 bits per heavy atom. The van der Waals surface area contributed by atoms with Crippen molar-refractivity contribution in [1.29, 1.82) is 0 Å². The molecule has 1 atom stereocenters. The van der Waals surface area contributed by atoms with Gasteiger partial charge in [-0.1, -0.05) is 24.2 Å². The lowest BCUT2D eigenvalue weighted by molar-refractivity contribution is 0.0988. The highest BCUT2D eigenvalue weighted by molar-refractivity contribution is 8.00. The van der Waals surface area contributed by atoms with Crippen molar-refractivity contribution in [2.24, 2.45) is 0 Å². The first-order chi connectivity index (χ1) is 14.1. The summed E-state index contributed by atoms with van der Waals surface area (Å²) >= 11 is 1.81. The summed E-state index contributed by atoms with van der Waals surface area (Å²) in [5.41, 5.74) is 2.99. The first kappa shape index (κ1) is 18.0. The fraction of sp³-hybridized carbons (Fsp3) is 0.227. The highest BCUT2D eigenvalue weighted by atomic mass is 32.2. The lowest BCUT2D eigenvalue weighted by atomic mass is 10.1. The Bertz CT molecular complexity index is 1200. The van der Waals surface area contributed by atoms with Crippen LogP contribution in [0.5, 0.6) is 0 Å². The minimum atomic E-state index is -0.0846. The third kappa shape index (κ3) is 3.11. The molecule has 146 valence electrons. The number of furan rings is 1. The molecule has 0 saturated carbocycles. The van der Waals surface area contributed by atoms with Gasteiger partial charge >= 0.3 is 0 Å². The van der Waals surface area contributed by atoms with Crippen molar-refractivity contribution in [2.75, 3.05) is 11.4 Å². The molecule has 0 aliphatic carbocycles. The van der Waals surface area contributed by atoms with Crippen LogP contribution in [0.4, 0.5) is 5.69 Å². The van der Waals surface area contributed by atoms with Crippen molar-refractivity contribution in [3.63, 3.8) is 0 Å². The van der Waals surface area contributed by atoms with Crippen LogP contribution < -0.4 is 4.90 Å².